The van der Waals surface area contributed by atoms with Crippen molar-refractivity contribution in [1.29, 1.82) is 0 Å². The molecule has 7 nitrogen and oxygen atoms in total. The summed E-state index contributed by atoms with van der Waals surface area (Å²) in [5.41, 5.74) is 0.898. The van der Waals surface area contributed by atoms with E-state index in [-0.39, 0.29) is 35.0 Å². The number of pyridine rings is 1. The van der Waals surface area contributed by atoms with Crippen LogP contribution in [0.1, 0.15) is 24.6 Å². The second kappa shape index (κ2) is 8.41. The highest BCUT2D eigenvalue weighted by molar-refractivity contribution is 6.10. The van der Waals surface area contributed by atoms with Crippen LogP contribution in [-0.4, -0.2) is 42.1 Å². The molecule has 2 heterocycles. The number of quaternary nitrogens is 1. The van der Waals surface area contributed by atoms with Gasteiger partial charge in [-0.15, -0.1) is 4.59 Å². The van der Waals surface area contributed by atoms with Gasteiger partial charge in [-0.2, -0.15) is 18.2 Å². The molecule has 0 bridgehead atoms. The summed E-state index contributed by atoms with van der Waals surface area (Å²) in [4.78, 5) is 8.68. The number of aromatic nitrogens is 1. The average molecular weight is 422 g/mol. The number of guanidine groups is 1. The van der Waals surface area contributed by atoms with Crippen LogP contribution in [0.25, 0.3) is 0 Å². The largest absolute Gasteiger partial charge is 0.497 e. The number of aliphatic imine (C=N–C) groups is 1. The molecular formula is C20H23F3N5O2+. The number of anilines is 1. The Morgan fingerprint density at radius 1 is 1.20 bits per heavy atom. The Kier molecular flexibility index (Phi) is 6.09. The second-order valence-electron chi connectivity index (χ2n) is 6.74. The van der Waals surface area contributed by atoms with Crippen molar-refractivity contribution in [3.05, 3.63) is 47.8 Å². The van der Waals surface area contributed by atoms with Crippen LogP contribution in [-0.2, 0) is 6.18 Å². The Bertz CT molecular complexity index is 991. The highest BCUT2D eigenvalue weighted by atomic mass is 19.4. The molecule has 0 fully saturated rings. The van der Waals surface area contributed by atoms with Gasteiger partial charge in [0.1, 0.15) is 12.3 Å². The number of hydrogen-bond donors (Lipinski definition) is 2. The molecule has 2 aromatic rings. The van der Waals surface area contributed by atoms with Crippen LogP contribution >= 0.6 is 0 Å². The summed E-state index contributed by atoms with van der Waals surface area (Å²) in [6.45, 7) is 4.14. The standard InChI is InChI=1S/C20H23F3N5O2/c1-4-28(16-5-7-24-13(2)9-16)18(6-8-29)26-19(27-28)25-15-10-14(20(21,22)23)11-17(12-15)30-3/h5,7,9-12,29H,4,6,8H2,1-3H3,(H,25,27)/q+1/t28-/m0/s1. The van der Waals surface area contributed by atoms with Crippen LogP contribution in [0.3, 0.4) is 0 Å². The molecule has 10 heteroatoms. The number of nitrogens with one attached hydrogen (secondary N) is 1. The highest BCUT2D eigenvalue weighted by Crippen LogP contribution is 2.35. The van der Waals surface area contributed by atoms with Gasteiger partial charge >= 0.3 is 6.18 Å². The first-order chi connectivity index (χ1) is 14.2. The van der Waals surface area contributed by atoms with E-state index in [1.54, 1.807) is 6.20 Å². The predicted octanol–water partition coefficient (Wildman–Crippen LogP) is 3.92. The minimum absolute atomic E-state index is 0.00233. The molecular weight excluding hydrogens is 399 g/mol. The molecule has 0 spiro atoms. The quantitative estimate of drug-likeness (QED) is 0.692. The van der Waals surface area contributed by atoms with E-state index in [9.17, 15) is 18.3 Å². The van der Waals surface area contributed by atoms with Gasteiger partial charge in [-0.3, -0.25) is 4.98 Å². The van der Waals surface area contributed by atoms with Crippen molar-refractivity contribution < 1.29 is 23.0 Å². The number of amidine groups is 1. The van der Waals surface area contributed by atoms with Crippen molar-refractivity contribution in [2.24, 2.45) is 10.1 Å². The number of benzene rings is 1. The molecule has 1 aliphatic heterocycles. The van der Waals surface area contributed by atoms with Crippen LogP contribution in [0.5, 0.6) is 5.75 Å². The minimum Gasteiger partial charge on any atom is -0.497 e. The normalized spacial score (nSPS) is 18.8. The lowest BCUT2D eigenvalue weighted by Crippen LogP contribution is -2.47. The highest BCUT2D eigenvalue weighted by Gasteiger charge is 2.42. The number of aliphatic hydroxyl groups is 1. The van der Waals surface area contributed by atoms with Crippen LogP contribution < -0.4 is 14.6 Å². The maximum absolute atomic E-state index is 13.2. The zero-order valence-electron chi connectivity index (χ0n) is 16.9. The summed E-state index contributed by atoms with van der Waals surface area (Å²) in [6, 6.07) is 7.02. The van der Waals surface area contributed by atoms with Crippen molar-refractivity contribution in [3.63, 3.8) is 0 Å². The first-order valence-corrected chi connectivity index (χ1v) is 9.35. The summed E-state index contributed by atoms with van der Waals surface area (Å²) in [5.74, 6) is 0.787. The number of alkyl halides is 3. The monoisotopic (exact) mass is 422 g/mol. The molecule has 1 aromatic heterocycles. The van der Waals surface area contributed by atoms with E-state index in [4.69, 9.17) is 4.74 Å². The Morgan fingerprint density at radius 3 is 2.57 bits per heavy atom. The Hall–Kier alpha value is -2.98. The third-order valence-electron chi connectivity index (χ3n) is 4.75. The fourth-order valence-corrected chi connectivity index (χ4v) is 3.33. The number of aryl methyl sites for hydroxylation is 1. The smallest absolute Gasteiger partial charge is 0.416 e. The first-order valence-electron chi connectivity index (χ1n) is 9.35. The first kappa shape index (κ1) is 21.7. The van der Waals surface area contributed by atoms with Gasteiger partial charge in [-0.1, -0.05) is 0 Å². The van der Waals surface area contributed by atoms with Gasteiger partial charge in [0.2, 0.25) is 5.84 Å². The molecule has 2 N–H and O–H groups in total. The molecule has 1 aliphatic rings. The van der Waals surface area contributed by atoms with Crippen molar-refractivity contribution in [1.82, 2.24) is 9.58 Å². The third-order valence-corrected chi connectivity index (χ3v) is 4.75. The lowest BCUT2D eigenvalue weighted by Gasteiger charge is -2.27. The molecule has 160 valence electrons. The van der Waals surface area contributed by atoms with Crippen molar-refractivity contribution in [2.45, 2.75) is 26.4 Å². The topological polar surface area (TPSA) is 79.1 Å². The fraction of sp³-hybridized carbons (Fsp3) is 0.350. The summed E-state index contributed by atoms with van der Waals surface area (Å²) in [5, 5.41) is 17.0. The number of rotatable bonds is 6. The summed E-state index contributed by atoms with van der Waals surface area (Å²) in [6.07, 6.45) is -2.60. The zero-order chi connectivity index (χ0) is 21.9. The van der Waals surface area contributed by atoms with Crippen molar-refractivity contribution in [3.8, 4) is 5.75 Å². The molecule has 0 unspecified atom stereocenters. The van der Waals surface area contributed by atoms with Crippen LogP contribution in [0.15, 0.2) is 46.6 Å². The van der Waals surface area contributed by atoms with Gasteiger partial charge in [0.25, 0.3) is 5.96 Å². The SMILES string of the molecule is CC[N@@+]1(c2ccnc(C)c2)N=C(Nc2cc(OC)cc(C(F)(F)F)c2)N=C1CCO. The fourth-order valence-electron chi connectivity index (χ4n) is 3.33. The van der Waals surface area contributed by atoms with Crippen molar-refractivity contribution in [2.75, 3.05) is 25.6 Å². The van der Waals surface area contributed by atoms with Crippen LogP contribution in [0, 0.1) is 6.92 Å². The maximum atomic E-state index is 13.2. The summed E-state index contributed by atoms with van der Waals surface area (Å²) < 4.78 is 44.7. The number of aliphatic hydroxyl groups excluding tert-OH is 1. The predicted molar refractivity (Wildman–Crippen MR) is 110 cm³/mol. The van der Waals surface area contributed by atoms with Crippen LogP contribution in [0.4, 0.5) is 24.5 Å². The molecule has 0 radical (unpaired) electrons. The van der Waals surface area contributed by atoms with Crippen LogP contribution in [0.2, 0.25) is 0 Å². The number of ether oxygens (including phenoxy) is 1. The number of nitrogens with zero attached hydrogens (tertiary/aromatic N) is 4. The molecule has 3 rings (SSSR count). The Labute approximate surface area is 172 Å². The van der Waals surface area contributed by atoms with Gasteiger partial charge < -0.3 is 15.2 Å². The van der Waals surface area contributed by atoms with Crippen molar-refractivity contribution >= 4 is 23.2 Å². The molecule has 0 saturated heterocycles. The maximum Gasteiger partial charge on any atom is 0.416 e. The minimum atomic E-state index is -4.52. The lowest BCUT2D eigenvalue weighted by molar-refractivity contribution is -0.137. The molecule has 30 heavy (non-hydrogen) atoms. The van der Waals surface area contributed by atoms with Gasteiger partial charge in [0.05, 0.1) is 25.7 Å². The van der Waals surface area contributed by atoms with E-state index >= 15 is 0 Å². The van der Waals surface area contributed by atoms with Gasteiger partial charge in [0.15, 0.2) is 5.69 Å². The molecule has 0 amide bonds. The third kappa shape index (κ3) is 4.29. The summed E-state index contributed by atoms with van der Waals surface area (Å²) in [7, 11) is 1.30. The van der Waals surface area contributed by atoms with Gasteiger partial charge in [0, 0.05) is 35.8 Å². The van der Waals surface area contributed by atoms with E-state index in [1.807, 2.05) is 26.0 Å². The lowest BCUT2D eigenvalue weighted by atomic mass is 10.2. The molecule has 0 aliphatic carbocycles. The van der Waals surface area contributed by atoms with E-state index < -0.39 is 11.7 Å². The van der Waals surface area contributed by atoms with E-state index in [0.717, 1.165) is 23.5 Å². The van der Waals surface area contributed by atoms with Gasteiger partial charge in [-0.25, -0.2) is 0 Å². The number of halogens is 3. The van der Waals surface area contributed by atoms with E-state index in [0.29, 0.717) is 12.4 Å². The summed E-state index contributed by atoms with van der Waals surface area (Å²) >= 11 is 0. The van der Waals surface area contributed by atoms with E-state index in [1.165, 1.54) is 13.2 Å². The van der Waals surface area contributed by atoms with E-state index in [2.05, 4.69) is 20.4 Å². The number of hydrogen-bond acceptors (Lipinski definition) is 6. The van der Waals surface area contributed by atoms with Gasteiger partial charge in [-0.05, 0) is 31.1 Å². The number of methoxy groups -OCH3 is 1. The Balaban J connectivity index is 2.03. The zero-order valence-corrected chi connectivity index (χ0v) is 16.9. The molecule has 1 atom stereocenters. The molecule has 1 aromatic carbocycles. The Morgan fingerprint density at radius 2 is 1.97 bits per heavy atom. The molecule has 0 saturated carbocycles. The average Bonchev–Trinajstić information content (AvgIpc) is 3.05. The second-order valence-corrected chi connectivity index (χ2v) is 6.74.